The van der Waals surface area contributed by atoms with Gasteiger partial charge in [0.15, 0.2) is 6.61 Å². The van der Waals surface area contributed by atoms with Crippen molar-refractivity contribution in [2.24, 2.45) is 0 Å². The molecule has 1 aliphatic rings. The first-order valence-corrected chi connectivity index (χ1v) is 11.3. The number of amides is 1. The Labute approximate surface area is 177 Å². The third-order valence-corrected chi connectivity index (χ3v) is 7.26. The van der Waals surface area contributed by atoms with E-state index in [1.165, 1.54) is 4.31 Å². The number of hydrogen-bond donors (Lipinski definition) is 1. The number of esters is 1. The first-order valence-electron chi connectivity index (χ1n) is 9.81. The van der Waals surface area contributed by atoms with Crippen LogP contribution in [0.15, 0.2) is 47.4 Å². The summed E-state index contributed by atoms with van der Waals surface area (Å²) in [4.78, 5) is 24.9. The van der Waals surface area contributed by atoms with Crippen molar-refractivity contribution in [1.82, 2.24) is 4.31 Å². The number of nitrogens with one attached hydrogen (secondary N) is 1. The van der Waals surface area contributed by atoms with Gasteiger partial charge in [-0.3, -0.25) is 9.59 Å². The molecule has 1 N–H and O–H groups in total. The van der Waals surface area contributed by atoms with Crippen LogP contribution in [-0.4, -0.2) is 43.8 Å². The third kappa shape index (κ3) is 4.71. The van der Waals surface area contributed by atoms with Crippen LogP contribution in [0.25, 0.3) is 0 Å². The second-order valence-corrected chi connectivity index (χ2v) is 9.35. The van der Waals surface area contributed by atoms with Gasteiger partial charge in [0.05, 0.1) is 4.90 Å². The standard InChI is InChI=1S/C22H26N2O5S/c1-15-12-16(2)21(17(3)13-15)30(27,28)24-11-7-10-19(24)22(26)29-14-20(25)23-18-8-5-4-6-9-18/h4-6,8-9,12-13,19H,7,10-11,14H2,1-3H3,(H,23,25). The van der Waals surface area contributed by atoms with Crippen LogP contribution in [0.1, 0.15) is 29.5 Å². The molecule has 30 heavy (non-hydrogen) atoms. The Bertz CT molecular complexity index is 1030. The SMILES string of the molecule is Cc1cc(C)c(S(=O)(=O)N2CCCC2C(=O)OCC(=O)Nc2ccccc2)c(C)c1. The van der Waals surface area contributed by atoms with Gasteiger partial charge in [0.25, 0.3) is 5.91 Å². The van der Waals surface area contributed by atoms with Gasteiger partial charge in [0.2, 0.25) is 10.0 Å². The summed E-state index contributed by atoms with van der Waals surface area (Å²) in [5.41, 5.74) is 2.86. The van der Waals surface area contributed by atoms with Crippen LogP contribution in [0.4, 0.5) is 5.69 Å². The van der Waals surface area contributed by atoms with Crippen molar-refractivity contribution in [3.8, 4) is 0 Å². The molecule has 0 saturated carbocycles. The molecule has 0 aliphatic carbocycles. The first kappa shape index (κ1) is 22.0. The molecule has 1 unspecified atom stereocenters. The number of sulfonamides is 1. The van der Waals surface area contributed by atoms with Crippen molar-refractivity contribution in [2.75, 3.05) is 18.5 Å². The van der Waals surface area contributed by atoms with E-state index in [9.17, 15) is 18.0 Å². The minimum Gasteiger partial charge on any atom is -0.454 e. The Morgan fingerprint density at radius 3 is 2.37 bits per heavy atom. The minimum absolute atomic E-state index is 0.231. The molecule has 1 fully saturated rings. The molecule has 1 amide bonds. The number of aryl methyl sites for hydroxylation is 3. The normalized spacial score (nSPS) is 17.0. The predicted octanol–water partition coefficient (Wildman–Crippen LogP) is 2.95. The topological polar surface area (TPSA) is 92.8 Å². The average molecular weight is 431 g/mol. The molecule has 0 radical (unpaired) electrons. The van der Waals surface area contributed by atoms with Crippen LogP contribution in [-0.2, 0) is 24.3 Å². The number of rotatable bonds is 6. The number of hydrogen-bond acceptors (Lipinski definition) is 5. The van der Waals surface area contributed by atoms with Crippen LogP contribution in [0.2, 0.25) is 0 Å². The van der Waals surface area contributed by atoms with Crippen LogP contribution in [0, 0.1) is 20.8 Å². The van der Waals surface area contributed by atoms with Crippen LogP contribution >= 0.6 is 0 Å². The van der Waals surface area contributed by atoms with Crippen LogP contribution in [0.3, 0.4) is 0 Å². The Balaban J connectivity index is 1.70. The molecule has 0 aromatic heterocycles. The zero-order chi connectivity index (χ0) is 21.9. The fourth-order valence-electron chi connectivity index (χ4n) is 3.91. The van der Waals surface area contributed by atoms with Gasteiger partial charge in [-0.25, -0.2) is 8.42 Å². The molecule has 2 aromatic rings. The zero-order valence-electron chi connectivity index (χ0n) is 17.3. The van der Waals surface area contributed by atoms with E-state index in [2.05, 4.69) is 5.32 Å². The number of nitrogens with zero attached hydrogens (tertiary/aromatic N) is 1. The van der Waals surface area contributed by atoms with E-state index >= 15 is 0 Å². The largest absolute Gasteiger partial charge is 0.454 e. The van der Waals surface area contributed by atoms with E-state index in [-0.39, 0.29) is 11.4 Å². The van der Waals surface area contributed by atoms with Crippen LogP contribution in [0.5, 0.6) is 0 Å². The molecule has 8 heteroatoms. The summed E-state index contributed by atoms with van der Waals surface area (Å²) in [6, 6.07) is 11.5. The molecular formula is C22H26N2O5S. The van der Waals surface area contributed by atoms with Crippen molar-refractivity contribution in [1.29, 1.82) is 0 Å². The predicted molar refractivity (Wildman–Crippen MR) is 114 cm³/mol. The Morgan fingerprint density at radius 1 is 1.10 bits per heavy atom. The van der Waals surface area contributed by atoms with Crippen molar-refractivity contribution in [3.05, 3.63) is 59.2 Å². The molecule has 1 atom stereocenters. The highest BCUT2D eigenvalue weighted by Gasteiger charge is 2.41. The molecular weight excluding hydrogens is 404 g/mol. The third-order valence-electron chi connectivity index (χ3n) is 5.05. The maximum absolute atomic E-state index is 13.3. The van der Waals surface area contributed by atoms with Gasteiger partial charge >= 0.3 is 5.97 Å². The van der Waals surface area contributed by atoms with Crippen molar-refractivity contribution in [2.45, 2.75) is 44.6 Å². The zero-order valence-corrected chi connectivity index (χ0v) is 18.2. The summed E-state index contributed by atoms with van der Waals surface area (Å²) in [7, 11) is -3.87. The number of carbonyl (C=O) groups excluding carboxylic acids is 2. The maximum atomic E-state index is 13.3. The monoisotopic (exact) mass is 430 g/mol. The number of benzene rings is 2. The maximum Gasteiger partial charge on any atom is 0.324 e. The Morgan fingerprint density at radius 2 is 1.73 bits per heavy atom. The van der Waals surface area contributed by atoms with E-state index in [1.54, 1.807) is 38.1 Å². The second kappa shape index (κ2) is 8.97. The molecule has 1 aliphatic heterocycles. The van der Waals surface area contributed by atoms with Gasteiger partial charge in [-0.1, -0.05) is 35.9 Å². The number of para-hydroxylation sites is 1. The Kier molecular flexibility index (Phi) is 6.58. The number of ether oxygens (including phenoxy) is 1. The molecule has 2 aromatic carbocycles. The fraction of sp³-hybridized carbons (Fsp3) is 0.364. The van der Waals surface area contributed by atoms with Gasteiger partial charge < -0.3 is 10.1 Å². The lowest BCUT2D eigenvalue weighted by Gasteiger charge is -2.24. The van der Waals surface area contributed by atoms with E-state index in [1.807, 2.05) is 25.1 Å². The van der Waals surface area contributed by atoms with Gasteiger partial charge in [0.1, 0.15) is 6.04 Å². The summed E-state index contributed by atoms with van der Waals surface area (Å²) in [5, 5.41) is 2.63. The second-order valence-electron chi connectivity index (χ2n) is 7.52. The lowest BCUT2D eigenvalue weighted by atomic mass is 10.1. The lowest BCUT2D eigenvalue weighted by molar-refractivity contribution is -0.150. The van der Waals surface area contributed by atoms with Crippen molar-refractivity contribution >= 4 is 27.6 Å². The quantitative estimate of drug-likeness (QED) is 0.712. The highest BCUT2D eigenvalue weighted by molar-refractivity contribution is 7.89. The van der Waals surface area contributed by atoms with E-state index < -0.39 is 34.5 Å². The summed E-state index contributed by atoms with van der Waals surface area (Å²) in [6.07, 6.45) is 0.918. The van der Waals surface area contributed by atoms with Gasteiger partial charge in [-0.2, -0.15) is 4.31 Å². The van der Waals surface area contributed by atoms with Crippen LogP contribution < -0.4 is 5.32 Å². The minimum atomic E-state index is -3.87. The van der Waals surface area contributed by atoms with E-state index in [4.69, 9.17) is 4.74 Å². The molecule has 1 heterocycles. The molecule has 1 saturated heterocycles. The van der Waals surface area contributed by atoms with Gasteiger partial charge in [0, 0.05) is 12.2 Å². The first-order chi connectivity index (χ1) is 14.2. The Hall–Kier alpha value is -2.71. The highest BCUT2D eigenvalue weighted by Crippen LogP contribution is 2.31. The average Bonchev–Trinajstić information content (AvgIpc) is 3.17. The molecule has 160 valence electrons. The smallest absolute Gasteiger partial charge is 0.324 e. The molecule has 7 nitrogen and oxygen atoms in total. The number of anilines is 1. The van der Waals surface area contributed by atoms with Crippen molar-refractivity contribution in [3.63, 3.8) is 0 Å². The molecule has 0 spiro atoms. The van der Waals surface area contributed by atoms with Gasteiger partial charge in [-0.15, -0.1) is 0 Å². The summed E-state index contributed by atoms with van der Waals surface area (Å²) in [5.74, 6) is -1.19. The number of carbonyl (C=O) groups is 2. The molecule has 3 rings (SSSR count). The fourth-order valence-corrected chi connectivity index (χ4v) is 5.97. The summed E-state index contributed by atoms with van der Waals surface area (Å²) in [6.45, 7) is 5.19. The highest BCUT2D eigenvalue weighted by atomic mass is 32.2. The summed E-state index contributed by atoms with van der Waals surface area (Å²) >= 11 is 0. The summed E-state index contributed by atoms with van der Waals surface area (Å²) < 4.78 is 33.0. The van der Waals surface area contributed by atoms with E-state index in [0.29, 0.717) is 29.7 Å². The van der Waals surface area contributed by atoms with Gasteiger partial charge in [-0.05, 0) is 56.9 Å². The lowest BCUT2D eigenvalue weighted by Crippen LogP contribution is -2.42. The molecule has 0 bridgehead atoms. The van der Waals surface area contributed by atoms with Crippen molar-refractivity contribution < 1.29 is 22.7 Å². The van der Waals surface area contributed by atoms with E-state index in [0.717, 1.165) is 5.56 Å².